The standard InChI is InChI=1S/C13H11Cl2NO3S/c1-8-6-10(15)11(7-9(8)14)16-20(18,19)13-5-3-2-4-12(13)17/h2-7,16-17H,1H3. The summed E-state index contributed by atoms with van der Waals surface area (Å²) >= 11 is 11.9. The van der Waals surface area contributed by atoms with Crippen molar-refractivity contribution in [3.63, 3.8) is 0 Å². The van der Waals surface area contributed by atoms with Crippen molar-refractivity contribution in [3.05, 3.63) is 52.0 Å². The minimum Gasteiger partial charge on any atom is -0.507 e. The summed E-state index contributed by atoms with van der Waals surface area (Å²) < 4.78 is 26.7. The Kier molecular flexibility index (Phi) is 4.13. The molecule has 0 saturated carbocycles. The van der Waals surface area contributed by atoms with Crippen LogP contribution in [0.1, 0.15) is 5.56 Å². The topological polar surface area (TPSA) is 66.4 Å². The van der Waals surface area contributed by atoms with Gasteiger partial charge in [-0.3, -0.25) is 4.72 Å². The van der Waals surface area contributed by atoms with Gasteiger partial charge in [-0.05, 0) is 36.8 Å². The number of hydrogen-bond acceptors (Lipinski definition) is 3. The summed E-state index contributed by atoms with van der Waals surface area (Å²) in [6.07, 6.45) is 0. The average Bonchev–Trinajstić information content (AvgIpc) is 2.36. The van der Waals surface area contributed by atoms with Crippen LogP contribution in [-0.4, -0.2) is 13.5 Å². The maximum atomic E-state index is 12.2. The zero-order valence-electron chi connectivity index (χ0n) is 10.4. The lowest BCUT2D eigenvalue weighted by Crippen LogP contribution is -2.13. The summed E-state index contributed by atoms with van der Waals surface area (Å²) in [4.78, 5) is -0.229. The van der Waals surface area contributed by atoms with Crippen molar-refractivity contribution in [2.45, 2.75) is 11.8 Å². The Bertz CT molecular complexity index is 760. The molecule has 2 aromatic carbocycles. The third-order valence-corrected chi connectivity index (χ3v) is 4.78. The number of para-hydroxylation sites is 1. The number of rotatable bonds is 3. The van der Waals surface area contributed by atoms with Gasteiger partial charge in [0.15, 0.2) is 0 Å². The molecule has 0 atom stereocenters. The van der Waals surface area contributed by atoms with Crippen LogP contribution in [0.3, 0.4) is 0 Å². The molecule has 0 heterocycles. The van der Waals surface area contributed by atoms with E-state index in [0.717, 1.165) is 5.56 Å². The van der Waals surface area contributed by atoms with Gasteiger partial charge < -0.3 is 5.11 Å². The first kappa shape index (κ1) is 15.0. The molecule has 0 unspecified atom stereocenters. The monoisotopic (exact) mass is 331 g/mol. The third kappa shape index (κ3) is 3.00. The number of aromatic hydroxyl groups is 1. The highest BCUT2D eigenvalue weighted by Crippen LogP contribution is 2.31. The van der Waals surface area contributed by atoms with Gasteiger partial charge in [0.25, 0.3) is 10.0 Å². The van der Waals surface area contributed by atoms with Gasteiger partial charge in [-0.2, -0.15) is 0 Å². The minimum atomic E-state index is -3.94. The molecule has 4 nitrogen and oxygen atoms in total. The third-order valence-electron chi connectivity index (χ3n) is 2.65. The Morgan fingerprint density at radius 1 is 1.10 bits per heavy atom. The van der Waals surface area contributed by atoms with E-state index in [1.807, 2.05) is 0 Å². The molecule has 0 aliphatic rings. The fourth-order valence-corrected chi connectivity index (χ4v) is 3.26. The zero-order chi connectivity index (χ0) is 14.9. The molecule has 0 bridgehead atoms. The molecule has 0 amide bonds. The number of hydrogen-bond donors (Lipinski definition) is 2. The summed E-state index contributed by atoms with van der Waals surface area (Å²) in [7, 11) is -3.94. The Balaban J connectivity index is 2.44. The van der Waals surface area contributed by atoms with Crippen LogP contribution in [0.5, 0.6) is 5.75 Å². The summed E-state index contributed by atoms with van der Waals surface area (Å²) in [6.45, 7) is 1.76. The lowest BCUT2D eigenvalue weighted by atomic mass is 10.2. The van der Waals surface area contributed by atoms with Crippen LogP contribution in [0.15, 0.2) is 41.3 Å². The van der Waals surface area contributed by atoms with E-state index in [1.165, 1.54) is 30.3 Å². The molecule has 2 rings (SSSR count). The van der Waals surface area contributed by atoms with Crippen LogP contribution in [0, 0.1) is 6.92 Å². The van der Waals surface area contributed by atoms with Gasteiger partial charge in [-0.25, -0.2) is 8.42 Å². The van der Waals surface area contributed by atoms with Crippen LogP contribution < -0.4 is 4.72 Å². The van der Waals surface area contributed by atoms with Crippen LogP contribution in [-0.2, 0) is 10.0 Å². The van der Waals surface area contributed by atoms with E-state index < -0.39 is 10.0 Å². The van der Waals surface area contributed by atoms with E-state index in [4.69, 9.17) is 23.2 Å². The van der Waals surface area contributed by atoms with E-state index in [0.29, 0.717) is 5.02 Å². The molecule has 0 aromatic heterocycles. The molecular weight excluding hydrogens is 321 g/mol. The zero-order valence-corrected chi connectivity index (χ0v) is 12.7. The van der Waals surface area contributed by atoms with Crippen LogP contribution >= 0.6 is 23.2 Å². The SMILES string of the molecule is Cc1cc(Cl)c(NS(=O)(=O)c2ccccc2O)cc1Cl. The van der Waals surface area contributed by atoms with E-state index in [1.54, 1.807) is 13.0 Å². The van der Waals surface area contributed by atoms with Crippen molar-refractivity contribution in [1.29, 1.82) is 0 Å². The summed E-state index contributed by atoms with van der Waals surface area (Å²) in [5, 5.41) is 10.2. The first-order chi connectivity index (χ1) is 9.31. The summed E-state index contributed by atoms with van der Waals surface area (Å²) in [6, 6.07) is 8.62. The Hall–Kier alpha value is -1.43. The van der Waals surface area contributed by atoms with Crippen molar-refractivity contribution in [2.75, 3.05) is 4.72 Å². The van der Waals surface area contributed by atoms with E-state index >= 15 is 0 Å². The number of sulfonamides is 1. The highest BCUT2D eigenvalue weighted by atomic mass is 35.5. The van der Waals surface area contributed by atoms with Crippen LogP contribution in [0.2, 0.25) is 10.0 Å². The van der Waals surface area contributed by atoms with Crippen molar-refractivity contribution in [1.82, 2.24) is 0 Å². The molecule has 0 spiro atoms. The van der Waals surface area contributed by atoms with Gasteiger partial charge >= 0.3 is 0 Å². The molecule has 106 valence electrons. The number of benzene rings is 2. The molecule has 0 radical (unpaired) electrons. The lowest BCUT2D eigenvalue weighted by molar-refractivity contribution is 0.459. The van der Waals surface area contributed by atoms with Crippen molar-refractivity contribution >= 4 is 38.9 Å². The Labute approximate surface area is 127 Å². The highest BCUT2D eigenvalue weighted by molar-refractivity contribution is 7.92. The number of anilines is 1. The predicted octanol–water partition coefficient (Wildman–Crippen LogP) is 3.81. The predicted molar refractivity (Wildman–Crippen MR) is 80.1 cm³/mol. The first-order valence-corrected chi connectivity index (χ1v) is 7.81. The molecule has 0 aliphatic heterocycles. The molecule has 7 heteroatoms. The van der Waals surface area contributed by atoms with E-state index in [9.17, 15) is 13.5 Å². The van der Waals surface area contributed by atoms with E-state index in [2.05, 4.69) is 4.72 Å². The fraction of sp³-hybridized carbons (Fsp3) is 0.0769. The first-order valence-electron chi connectivity index (χ1n) is 5.58. The van der Waals surface area contributed by atoms with Gasteiger partial charge in [-0.15, -0.1) is 0 Å². The van der Waals surface area contributed by atoms with Crippen molar-refractivity contribution < 1.29 is 13.5 Å². The molecule has 2 N–H and O–H groups in total. The van der Waals surface area contributed by atoms with Gasteiger partial charge in [0, 0.05) is 5.02 Å². The molecule has 0 aliphatic carbocycles. The summed E-state index contributed by atoms with van der Waals surface area (Å²) in [5.74, 6) is -0.339. The lowest BCUT2D eigenvalue weighted by Gasteiger charge is -2.12. The fourth-order valence-electron chi connectivity index (χ4n) is 1.61. The number of aryl methyl sites for hydroxylation is 1. The van der Waals surface area contributed by atoms with Crippen LogP contribution in [0.25, 0.3) is 0 Å². The molecule has 20 heavy (non-hydrogen) atoms. The Morgan fingerprint density at radius 2 is 1.75 bits per heavy atom. The normalized spacial score (nSPS) is 11.3. The number of halogens is 2. The molecular formula is C13H11Cl2NO3S. The smallest absolute Gasteiger partial charge is 0.265 e. The quantitative estimate of drug-likeness (QED) is 0.898. The van der Waals surface area contributed by atoms with Gasteiger partial charge in [0.1, 0.15) is 10.6 Å². The second-order valence-electron chi connectivity index (χ2n) is 4.15. The second kappa shape index (κ2) is 5.52. The maximum absolute atomic E-state index is 12.2. The molecule has 0 fully saturated rings. The average molecular weight is 332 g/mol. The van der Waals surface area contributed by atoms with E-state index in [-0.39, 0.29) is 21.4 Å². The number of phenols is 1. The molecule has 2 aromatic rings. The van der Waals surface area contributed by atoms with Gasteiger partial charge in [0.2, 0.25) is 0 Å². The van der Waals surface area contributed by atoms with Gasteiger partial charge in [-0.1, -0.05) is 35.3 Å². The maximum Gasteiger partial charge on any atom is 0.265 e. The molecule has 0 saturated heterocycles. The highest BCUT2D eigenvalue weighted by Gasteiger charge is 2.19. The van der Waals surface area contributed by atoms with Gasteiger partial charge in [0.05, 0.1) is 10.7 Å². The minimum absolute atomic E-state index is 0.158. The van der Waals surface area contributed by atoms with Crippen molar-refractivity contribution in [3.8, 4) is 5.75 Å². The number of phenolic OH excluding ortho intramolecular Hbond substituents is 1. The van der Waals surface area contributed by atoms with Crippen LogP contribution in [0.4, 0.5) is 5.69 Å². The number of nitrogens with one attached hydrogen (secondary N) is 1. The second-order valence-corrected chi connectivity index (χ2v) is 6.62. The largest absolute Gasteiger partial charge is 0.507 e. The summed E-state index contributed by atoms with van der Waals surface area (Å²) in [5.41, 5.74) is 0.896. The van der Waals surface area contributed by atoms with Crippen molar-refractivity contribution in [2.24, 2.45) is 0 Å². The Morgan fingerprint density at radius 3 is 2.40 bits per heavy atom.